The van der Waals surface area contributed by atoms with Gasteiger partial charge in [0.1, 0.15) is 0 Å². The van der Waals surface area contributed by atoms with Crippen molar-refractivity contribution in [2.24, 2.45) is 0 Å². The first-order valence-electron chi connectivity index (χ1n) is 21.9. The third-order valence-corrected chi connectivity index (χ3v) is 11.2. The van der Waals surface area contributed by atoms with Crippen LogP contribution in [-0.4, -0.2) is 4.57 Å². The van der Waals surface area contributed by atoms with E-state index in [2.05, 4.69) is 107 Å². The number of para-hydroxylation sites is 4. The van der Waals surface area contributed by atoms with E-state index in [-0.39, 0.29) is 35.4 Å². The summed E-state index contributed by atoms with van der Waals surface area (Å²) in [4.78, 5) is 4.10. The van der Waals surface area contributed by atoms with Gasteiger partial charge in [-0.2, -0.15) is 0 Å². The van der Waals surface area contributed by atoms with E-state index in [4.69, 9.17) is 0 Å². The van der Waals surface area contributed by atoms with Crippen molar-refractivity contribution in [2.75, 3.05) is 9.80 Å². The molecule has 0 aliphatic carbocycles. The van der Waals surface area contributed by atoms with Crippen LogP contribution in [0.1, 0.15) is 5.48 Å². The van der Waals surface area contributed by atoms with E-state index >= 15 is 0 Å². The monoisotopic (exact) mass is 757 g/mol. The van der Waals surface area contributed by atoms with Crippen LogP contribution in [-0.2, 0) is 0 Å². The first-order chi connectivity index (χ1) is 31.0. The van der Waals surface area contributed by atoms with Crippen molar-refractivity contribution < 1.29 is 5.48 Å². The van der Waals surface area contributed by atoms with Crippen LogP contribution < -0.4 is 9.80 Å². The molecular weight excluding hydrogens is 715 g/mol. The fourth-order valence-electron chi connectivity index (χ4n) is 8.52. The zero-order valence-electron chi connectivity index (χ0n) is 36.0. The van der Waals surface area contributed by atoms with Crippen LogP contribution >= 0.6 is 0 Å². The van der Waals surface area contributed by atoms with Crippen LogP contribution in [0, 0.1) is 0 Å². The van der Waals surface area contributed by atoms with E-state index in [0.29, 0.717) is 5.56 Å². The van der Waals surface area contributed by atoms with Gasteiger partial charge in [-0.05, 0) is 118 Å². The summed E-state index contributed by atoms with van der Waals surface area (Å²) in [5.74, 6) is 0. The first kappa shape index (κ1) is 30.3. The number of benzene rings is 10. The summed E-state index contributed by atoms with van der Waals surface area (Å²) in [5, 5.41) is 6.10. The average Bonchev–Trinajstić information content (AvgIpc) is 3.67. The largest absolute Gasteiger partial charge is 0.310 e. The molecular formula is C56H39N3. The molecule has 0 N–H and O–H groups in total. The predicted octanol–water partition coefficient (Wildman–Crippen LogP) is 15.7. The number of nitrogens with zero attached hydrogens (tertiary/aromatic N) is 3. The number of hydrogen-bond acceptors (Lipinski definition) is 2. The number of aromatic nitrogens is 1. The Bertz CT molecular complexity index is 3490. The molecule has 3 nitrogen and oxygen atoms in total. The number of hydrogen-bond donors (Lipinski definition) is 0. The lowest BCUT2D eigenvalue weighted by Gasteiger charge is -2.27. The number of rotatable bonds is 8. The van der Waals surface area contributed by atoms with Crippen LogP contribution in [0.3, 0.4) is 0 Å². The molecule has 0 fully saturated rings. The van der Waals surface area contributed by atoms with E-state index in [9.17, 15) is 5.48 Å². The summed E-state index contributed by atoms with van der Waals surface area (Å²) in [7, 11) is 0. The Morgan fingerprint density at radius 3 is 1.69 bits per heavy atom. The summed E-state index contributed by atoms with van der Waals surface area (Å²) >= 11 is 0. The van der Waals surface area contributed by atoms with Crippen molar-refractivity contribution in [2.45, 2.75) is 0 Å². The molecule has 10 aromatic carbocycles. The minimum atomic E-state index is -0.120. The molecule has 0 aliphatic heterocycles. The second-order valence-electron chi connectivity index (χ2n) is 14.7. The standard InChI is InChI=1S/C56H39N3/c1-4-18-43(19-5-1)57(47-35-30-40-16-10-11-17-42(40)38-47)46-33-31-41(32-34-46)49-25-14-27-51-50(49)26-15-29-54(51)58(44-20-6-2-7-21-44)48-36-37-56-53(39-48)52-24-12-13-28-55(52)59(56)45-22-8-3-9-23-45/h1-39H/i31D,32D,33D,34D. The molecule has 3 heteroatoms. The molecule has 1 aromatic heterocycles. The van der Waals surface area contributed by atoms with Crippen LogP contribution in [0.4, 0.5) is 34.1 Å². The third-order valence-electron chi connectivity index (χ3n) is 11.2. The van der Waals surface area contributed by atoms with Gasteiger partial charge >= 0.3 is 0 Å². The maximum absolute atomic E-state index is 9.62. The van der Waals surface area contributed by atoms with Crippen LogP contribution in [0.2, 0.25) is 0 Å². The topological polar surface area (TPSA) is 11.4 Å². The highest BCUT2D eigenvalue weighted by molar-refractivity contribution is 6.12. The molecule has 0 unspecified atom stereocenters. The van der Waals surface area contributed by atoms with Gasteiger partial charge in [-0.15, -0.1) is 0 Å². The molecule has 11 aromatic rings. The summed E-state index contributed by atoms with van der Waals surface area (Å²) < 4.78 is 40.7. The van der Waals surface area contributed by atoms with Crippen molar-refractivity contribution in [1.29, 1.82) is 0 Å². The quantitative estimate of drug-likeness (QED) is 0.153. The molecule has 11 rings (SSSR count). The molecule has 0 saturated carbocycles. The lowest BCUT2D eigenvalue weighted by molar-refractivity contribution is 1.18. The van der Waals surface area contributed by atoms with Gasteiger partial charge in [-0.1, -0.05) is 146 Å². The Balaban J connectivity index is 1.09. The highest BCUT2D eigenvalue weighted by atomic mass is 15.1. The van der Waals surface area contributed by atoms with Gasteiger partial charge < -0.3 is 14.4 Å². The second-order valence-corrected chi connectivity index (χ2v) is 14.7. The lowest BCUT2D eigenvalue weighted by Crippen LogP contribution is -2.10. The normalized spacial score (nSPS) is 12.3. The molecule has 0 aliphatic rings. The molecule has 0 spiro atoms. The van der Waals surface area contributed by atoms with E-state index in [1.807, 2.05) is 120 Å². The summed E-state index contributed by atoms with van der Waals surface area (Å²) in [6.45, 7) is 0. The Morgan fingerprint density at radius 2 is 0.915 bits per heavy atom. The third kappa shape index (κ3) is 6.08. The molecule has 0 atom stereocenters. The maximum atomic E-state index is 9.62. The SMILES string of the molecule is [2H]c1c([2H])c(N(c2ccccc2)c2ccc3ccccc3c2)c([2H])c([2H])c1-c1cccc2c(N(c3ccccc3)c3ccc4c(c3)c3ccccc3n4-c3ccccc3)cccc12. The minimum Gasteiger partial charge on any atom is -0.310 e. The Labute approximate surface area is 349 Å². The Kier molecular flexibility index (Phi) is 7.48. The van der Waals surface area contributed by atoms with Gasteiger partial charge in [0, 0.05) is 50.3 Å². The fourth-order valence-corrected chi connectivity index (χ4v) is 8.52. The summed E-state index contributed by atoms with van der Waals surface area (Å²) in [5.41, 5.74) is 8.77. The highest BCUT2D eigenvalue weighted by Crippen LogP contribution is 2.44. The van der Waals surface area contributed by atoms with E-state index in [0.717, 1.165) is 77.5 Å². The molecule has 278 valence electrons. The second kappa shape index (κ2) is 14.6. The summed E-state index contributed by atoms with van der Waals surface area (Å²) in [6, 6.07) is 71.3. The maximum Gasteiger partial charge on any atom is 0.0645 e. The van der Waals surface area contributed by atoms with Gasteiger partial charge in [0.15, 0.2) is 0 Å². The molecule has 59 heavy (non-hydrogen) atoms. The van der Waals surface area contributed by atoms with Crippen LogP contribution in [0.5, 0.6) is 0 Å². The van der Waals surface area contributed by atoms with Gasteiger partial charge in [0.25, 0.3) is 0 Å². The predicted molar refractivity (Wildman–Crippen MR) is 251 cm³/mol. The van der Waals surface area contributed by atoms with Gasteiger partial charge in [0.2, 0.25) is 0 Å². The van der Waals surface area contributed by atoms with E-state index in [1.54, 1.807) is 0 Å². The Hall–Kier alpha value is -7.88. The van der Waals surface area contributed by atoms with Crippen molar-refractivity contribution in [3.05, 3.63) is 236 Å². The smallest absolute Gasteiger partial charge is 0.0645 e. The van der Waals surface area contributed by atoms with Crippen LogP contribution in [0.25, 0.3) is 60.2 Å². The highest BCUT2D eigenvalue weighted by Gasteiger charge is 2.20. The van der Waals surface area contributed by atoms with Crippen molar-refractivity contribution in [3.8, 4) is 16.8 Å². The zero-order valence-corrected chi connectivity index (χ0v) is 32.0. The number of anilines is 6. The molecule has 0 bridgehead atoms. The van der Waals surface area contributed by atoms with E-state index < -0.39 is 0 Å². The van der Waals surface area contributed by atoms with Gasteiger partial charge in [-0.25, -0.2) is 0 Å². The Morgan fingerprint density at radius 1 is 0.339 bits per heavy atom. The summed E-state index contributed by atoms with van der Waals surface area (Å²) in [6.07, 6.45) is 0. The fraction of sp³-hybridized carbons (Fsp3) is 0. The zero-order chi connectivity index (χ0) is 42.6. The van der Waals surface area contributed by atoms with Gasteiger partial charge in [-0.3, -0.25) is 0 Å². The molecule has 0 amide bonds. The van der Waals surface area contributed by atoms with Crippen molar-refractivity contribution in [3.63, 3.8) is 0 Å². The first-order valence-corrected chi connectivity index (χ1v) is 19.9. The lowest BCUT2D eigenvalue weighted by atomic mass is 9.96. The average molecular weight is 758 g/mol. The molecule has 0 saturated heterocycles. The van der Waals surface area contributed by atoms with Crippen molar-refractivity contribution >= 4 is 77.5 Å². The van der Waals surface area contributed by atoms with Crippen molar-refractivity contribution in [1.82, 2.24) is 4.57 Å². The number of fused-ring (bicyclic) bond motifs is 5. The van der Waals surface area contributed by atoms with E-state index in [1.165, 1.54) is 0 Å². The minimum absolute atomic E-state index is 0.106. The molecule has 0 radical (unpaired) electrons. The van der Waals surface area contributed by atoms with Crippen LogP contribution in [0.15, 0.2) is 236 Å². The van der Waals surface area contributed by atoms with Gasteiger partial charge in [0.05, 0.1) is 22.2 Å². The molecule has 1 heterocycles.